The molecule has 1 aliphatic heterocycles. The smallest absolute Gasteiger partial charge is 0.409 e. The second-order valence-corrected chi connectivity index (χ2v) is 8.98. The molecule has 1 saturated heterocycles. The Morgan fingerprint density at radius 3 is 2.55 bits per heavy atom. The quantitative estimate of drug-likeness (QED) is 0.597. The molecule has 1 amide bonds. The van der Waals surface area contributed by atoms with E-state index in [9.17, 15) is 9.90 Å². The Bertz CT molecular complexity index is 1060. The van der Waals surface area contributed by atoms with Crippen LogP contribution in [0.4, 0.5) is 4.79 Å². The number of amides is 1. The van der Waals surface area contributed by atoms with Crippen molar-refractivity contribution in [2.24, 2.45) is 0 Å². The molecule has 2 heterocycles. The normalized spacial score (nSPS) is 16.0. The molecule has 3 aromatic rings. The summed E-state index contributed by atoms with van der Waals surface area (Å²) in [6.45, 7) is 5.17. The number of aliphatic hydroxyl groups excluding tert-OH is 1. The minimum Gasteiger partial charge on any atom is -0.474 e. The van der Waals surface area contributed by atoms with Gasteiger partial charge in [0, 0.05) is 18.0 Å². The van der Waals surface area contributed by atoms with Crippen molar-refractivity contribution in [3.8, 4) is 5.88 Å². The van der Waals surface area contributed by atoms with Gasteiger partial charge in [-0.1, -0.05) is 36.4 Å². The highest BCUT2D eigenvalue weighted by Gasteiger charge is 2.32. The minimum absolute atomic E-state index is 0.0429. The number of rotatable bonds is 5. The number of benzene rings is 2. The third-order valence-electron chi connectivity index (χ3n) is 5.73. The highest BCUT2D eigenvalue weighted by Crippen LogP contribution is 2.43. The van der Waals surface area contributed by atoms with E-state index in [1.54, 1.807) is 4.90 Å². The highest BCUT2D eigenvalue weighted by atomic mass is 32.1. The van der Waals surface area contributed by atoms with E-state index in [2.05, 4.69) is 10.4 Å². The maximum Gasteiger partial charge on any atom is 0.409 e. The lowest BCUT2D eigenvalue weighted by Gasteiger charge is -2.31. The van der Waals surface area contributed by atoms with Crippen molar-refractivity contribution in [3.05, 3.63) is 58.5 Å². The molecular formula is C24H28N2O4S. The van der Waals surface area contributed by atoms with E-state index in [4.69, 9.17) is 9.47 Å². The van der Waals surface area contributed by atoms with Crippen LogP contribution in [0.5, 0.6) is 5.88 Å². The largest absolute Gasteiger partial charge is 0.474 e. The molecular weight excluding hydrogens is 412 g/mol. The summed E-state index contributed by atoms with van der Waals surface area (Å²) in [4.78, 5) is 14.6. The number of hydrogen-bond donors (Lipinski definition) is 1. The Morgan fingerprint density at radius 2 is 1.87 bits per heavy atom. The molecule has 0 spiro atoms. The van der Waals surface area contributed by atoms with Gasteiger partial charge < -0.3 is 19.5 Å². The number of carbonyl (C=O) groups is 1. The number of likely N-dealkylation sites (tertiary alicyclic amines) is 1. The van der Waals surface area contributed by atoms with Crippen LogP contribution in [-0.2, 0) is 4.74 Å². The molecule has 1 aromatic heterocycles. The molecule has 2 aromatic carbocycles. The second-order valence-electron chi connectivity index (χ2n) is 8.17. The third-order valence-corrected chi connectivity index (χ3v) is 6.74. The van der Waals surface area contributed by atoms with E-state index in [0.29, 0.717) is 19.0 Å². The van der Waals surface area contributed by atoms with Crippen molar-refractivity contribution in [1.29, 1.82) is 0 Å². The van der Waals surface area contributed by atoms with E-state index in [1.165, 1.54) is 18.6 Å². The van der Waals surface area contributed by atoms with Crippen LogP contribution in [0.2, 0.25) is 0 Å². The molecule has 0 aliphatic carbocycles. The van der Waals surface area contributed by atoms with E-state index < -0.39 is 6.10 Å². The minimum atomic E-state index is -0.828. The number of ether oxygens (including phenoxy) is 2. The number of methoxy groups -OCH3 is 1. The summed E-state index contributed by atoms with van der Waals surface area (Å²) in [6.07, 6.45) is 0.443. The molecule has 31 heavy (non-hydrogen) atoms. The predicted octanol–water partition coefficient (Wildman–Crippen LogP) is 5.11. The lowest BCUT2D eigenvalue weighted by Crippen LogP contribution is -2.37. The highest BCUT2D eigenvalue weighted by molar-refractivity contribution is 7.06. The van der Waals surface area contributed by atoms with Crippen LogP contribution in [0.1, 0.15) is 54.7 Å². The van der Waals surface area contributed by atoms with Gasteiger partial charge in [0.1, 0.15) is 6.10 Å². The van der Waals surface area contributed by atoms with Crippen molar-refractivity contribution >= 4 is 28.4 Å². The van der Waals surface area contributed by atoms with E-state index >= 15 is 0 Å². The van der Waals surface area contributed by atoms with E-state index in [1.807, 2.05) is 50.2 Å². The maximum absolute atomic E-state index is 11.8. The summed E-state index contributed by atoms with van der Waals surface area (Å²) in [5.74, 6) is 0.721. The van der Waals surface area contributed by atoms with Crippen LogP contribution in [0.15, 0.2) is 42.5 Å². The lowest BCUT2D eigenvalue weighted by atomic mass is 9.90. The second kappa shape index (κ2) is 9.24. The van der Waals surface area contributed by atoms with Gasteiger partial charge >= 0.3 is 6.09 Å². The number of carbonyl (C=O) groups excluding carboxylic acids is 1. The molecule has 0 bridgehead atoms. The van der Waals surface area contributed by atoms with Crippen LogP contribution in [-0.4, -0.2) is 46.8 Å². The molecule has 6 nitrogen and oxygen atoms in total. The Hall–Kier alpha value is -2.64. The average Bonchev–Trinajstić information content (AvgIpc) is 3.20. The first-order chi connectivity index (χ1) is 15.0. The van der Waals surface area contributed by atoms with Crippen LogP contribution in [0.25, 0.3) is 10.8 Å². The van der Waals surface area contributed by atoms with E-state index in [0.717, 1.165) is 39.6 Å². The van der Waals surface area contributed by atoms with E-state index in [-0.39, 0.29) is 18.1 Å². The zero-order valence-corrected chi connectivity index (χ0v) is 18.9. The zero-order valence-electron chi connectivity index (χ0n) is 18.1. The van der Waals surface area contributed by atoms with Gasteiger partial charge in [0.05, 0.1) is 18.8 Å². The standard InChI is InChI=1S/C24H28N2O4S/c1-15(2)30-23-20(21(27)19-9-8-16-6-4-5-7-18(16)14-19)22(31-25-23)17-10-12-26(13-11-17)24(28)29-3/h4-9,14-15,17,21,27H,10-13H2,1-3H3. The summed E-state index contributed by atoms with van der Waals surface area (Å²) in [5.41, 5.74) is 1.58. The van der Waals surface area contributed by atoms with Crippen LogP contribution in [0, 0.1) is 0 Å². The first kappa shape index (κ1) is 21.6. The fourth-order valence-corrected chi connectivity index (χ4v) is 5.15. The molecule has 4 rings (SSSR count). The molecule has 1 atom stereocenters. The summed E-state index contributed by atoms with van der Waals surface area (Å²) in [7, 11) is 1.41. The number of fused-ring (bicyclic) bond motifs is 1. The Kier molecular flexibility index (Phi) is 6.43. The Balaban J connectivity index is 1.66. The van der Waals surface area contributed by atoms with Crippen molar-refractivity contribution in [2.45, 2.75) is 44.8 Å². The van der Waals surface area contributed by atoms with Gasteiger partial charge in [-0.2, -0.15) is 4.37 Å². The third kappa shape index (κ3) is 4.52. The Labute approximate surface area is 186 Å². The fraction of sp³-hybridized carbons (Fsp3) is 0.417. The number of aromatic nitrogens is 1. The average molecular weight is 441 g/mol. The summed E-state index contributed by atoms with van der Waals surface area (Å²) in [5, 5.41) is 13.6. The molecule has 7 heteroatoms. The molecule has 0 saturated carbocycles. The molecule has 1 unspecified atom stereocenters. The lowest BCUT2D eigenvalue weighted by molar-refractivity contribution is 0.112. The van der Waals surface area contributed by atoms with Crippen LogP contribution < -0.4 is 4.74 Å². The zero-order chi connectivity index (χ0) is 22.0. The van der Waals surface area contributed by atoms with Gasteiger partial charge in [-0.05, 0) is 66.5 Å². The van der Waals surface area contributed by atoms with Gasteiger partial charge in [0.25, 0.3) is 0 Å². The van der Waals surface area contributed by atoms with Gasteiger partial charge in [-0.25, -0.2) is 4.79 Å². The number of aliphatic hydroxyl groups is 1. The monoisotopic (exact) mass is 440 g/mol. The number of piperidine rings is 1. The first-order valence-electron chi connectivity index (χ1n) is 10.6. The topological polar surface area (TPSA) is 71.9 Å². The van der Waals surface area contributed by atoms with Gasteiger partial charge in [-0.3, -0.25) is 0 Å². The fourth-order valence-electron chi connectivity index (χ4n) is 4.15. The molecule has 1 N–H and O–H groups in total. The SMILES string of the molecule is COC(=O)N1CCC(c2snc(OC(C)C)c2C(O)c2ccc3ccccc3c2)CC1. The predicted molar refractivity (Wildman–Crippen MR) is 122 cm³/mol. The van der Waals surface area contributed by atoms with Crippen molar-refractivity contribution in [1.82, 2.24) is 9.27 Å². The number of nitrogens with zero attached hydrogens (tertiary/aromatic N) is 2. The van der Waals surface area contributed by atoms with Crippen LogP contribution in [0.3, 0.4) is 0 Å². The first-order valence-corrected chi connectivity index (χ1v) is 11.4. The van der Waals surface area contributed by atoms with Gasteiger partial charge in [0.15, 0.2) is 0 Å². The van der Waals surface area contributed by atoms with Gasteiger partial charge in [0.2, 0.25) is 5.88 Å². The Morgan fingerprint density at radius 1 is 1.16 bits per heavy atom. The van der Waals surface area contributed by atoms with Crippen molar-refractivity contribution < 1.29 is 19.4 Å². The summed E-state index contributed by atoms with van der Waals surface area (Å²) in [6, 6.07) is 14.1. The maximum atomic E-state index is 11.8. The number of hydrogen-bond acceptors (Lipinski definition) is 6. The van der Waals surface area contributed by atoms with Crippen LogP contribution >= 0.6 is 11.5 Å². The van der Waals surface area contributed by atoms with Crippen molar-refractivity contribution in [3.63, 3.8) is 0 Å². The summed E-state index contributed by atoms with van der Waals surface area (Å²) >= 11 is 1.40. The molecule has 1 aliphatic rings. The van der Waals surface area contributed by atoms with Crippen molar-refractivity contribution in [2.75, 3.05) is 20.2 Å². The molecule has 0 radical (unpaired) electrons. The molecule has 1 fully saturated rings. The molecule has 164 valence electrons. The van der Waals surface area contributed by atoms with Gasteiger partial charge in [-0.15, -0.1) is 0 Å². The summed E-state index contributed by atoms with van der Waals surface area (Å²) < 4.78 is 15.4.